The van der Waals surface area contributed by atoms with Crippen LogP contribution >= 0.6 is 0 Å². The average Bonchev–Trinajstić information content (AvgIpc) is 2.99. The molecule has 1 aliphatic rings. The fraction of sp³-hybridized carbons (Fsp3) is 0.400. The Morgan fingerprint density at radius 1 is 0.595 bits per heavy atom. The van der Waals surface area contributed by atoms with Gasteiger partial charge in [0.05, 0.1) is 0 Å². The van der Waals surface area contributed by atoms with Gasteiger partial charge >= 0.3 is 0 Å². The maximum absolute atomic E-state index is 10.6. The number of para-hydroxylation sites is 2. The van der Waals surface area contributed by atoms with E-state index < -0.39 is 0 Å². The predicted octanol–water partition coefficient (Wildman–Crippen LogP) is 3.39. The molecule has 0 amide bonds. The van der Waals surface area contributed by atoms with E-state index in [0.29, 0.717) is 36.9 Å². The molecule has 198 valence electrons. The number of phenols is 3. The average molecular weight is 505 g/mol. The Bertz CT molecular complexity index is 1080. The first-order chi connectivity index (χ1) is 18.0. The highest BCUT2D eigenvalue weighted by molar-refractivity contribution is 5.36. The van der Waals surface area contributed by atoms with E-state index >= 15 is 0 Å². The highest BCUT2D eigenvalue weighted by Gasteiger charge is 2.19. The molecule has 0 radical (unpaired) electrons. The molecule has 3 aromatic rings. The third kappa shape index (κ3) is 7.94. The molecular formula is C30H40N4O3. The first-order valence-corrected chi connectivity index (χ1v) is 13.2. The first-order valence-electron chi connectivity index (χ1n) is 13.2. The van der Waals surface area contributed by atoms with E-state index in [1.165, 1.54) is 5.56 Å². The van der Waals surface area contributed by atoms with Crippen LogP contribution in [0.1, 0.15) is 22.3 Å². The minimum absolute atomic E-state index is 0.327. The Hall–Kier alpha value is -3.10. The number of nitrogens with one attached hydrogen (secondary N) is 1. The van der Waals surface area contributed by atoms with Crippen molar-refractivity contribution in [1.82, 2.24) is 20.0 Å². The lowest BCUT2D eigenvalue weighted by Gasteiger charge is -2.26. The lowest BCUT2D eigenvalue weighted by molar-refractivity contribution is 0.207. The van der Waals surface area contributed by atoms with Crippen LogP contribution in [0.15, 0.2) is 66.7 Å². The summed E-state index contributed by atoms with van der Waals surface area (Å²) < 4.78 is 0. The van der Waals surface area contributed by atoms with E-state index in [2.05, 4.69) is 26.1 Å². The van der Waals surface area contributed by atoms with Crippen molar-refractivity contribution in [3.63, 3.8) is 0 Å². The van der Waals surface area contributed by atoms with Crippen LogP contribution in [0.2, 0.25) is 0 Å². The third-order valence-electron chi connectivity index (χ3n) is 7.17. The normalized spacial score (nSPS) is 16.2. The number of rotatable bonds is 9. The molecule has 7 heteroatoms. The van der Waals surface area contributed by atoms with Crippen molar-refractivity contribution in [2.24, 2.45) is 0 Å². The van der Waals surface area contributed by atoms with Crippen LogP contribution in [0.5, 0.6) is 17.2 Å². The largest absolute Gasteiger partial charge is 0.508 e. The van der Waals surface area contributed by atoms with Gasteiger partial charge in [0.2, 0.25) is 0 Å². The lowest BCUT2D eigenvalue weighted by Crippen LogP contribution is -2.35. The van der Waals surface area contributed by atoms with Gasteiger partial charge in [0, 0.05) is 75.6 Å². The summed E-state index contributed by atoms with van der Waals surface area (Å²) in [7, 11) is 1.95. The zero-order chi connectivity index (χ0) is 26.0. The van der Waals surface area contributed by atoms with Crippen molar-refractivity contribution in [3.8, 4) is 17.2 Å². The highest BCUT2D eigenvalue weighted by atomic mass is 16.3. The van der Waals surface area contributed by atoms with E-state index in [1.54, 1.807) is 12.1 Å². The predicted molar refractivity (Wildman–Crippen MR) is 148 cm³/mol. The molecular weight excluding hydrogens is 464 g/mol. The lowest BCUT2D eigenvalue weighted by atomic mass is 10.1. The molecule has 0 spiro atoms. The second kappa shape index (κ2) is 13.4. The Morgan fingerprint density at radius 3 is 1.49 bits per heavy atom. The van der Waals surface area contributed by atoms with Crippen LogP contribution in [0, 0.1) is 0 Å². The van der Waals surface area contributed by atoms with Crippen LogP contribution in [0.4, 0.5) is 0 Å². The fourth-order valence-electron chi connectivity index (χ4n) is 4.86. The van der Waals surface area contributed by atoms with E-state index in [0.717, 1.165) is 68.9 Å². The molecule has 37 heavy (non-hydrogen) atoms. The van der Waals surface area contributed by atoms with Crippen molar-refractivity contribution in [2.75, 3.05) is 52.9 Å². The molecule has 0 unspecified atom stereocenters. The van der Waals surface area contributed by atoms with Crippen LogP contribution < -0.4 is 5.32 Å². The zero-order valence-corrected chi connectivity index (χ0v) is 21.8. The molecule has 1 heterocycles. The Morgan fingerprint density at radius 2 is 1.03 bits per heavy atom. The third-order valence-corrected chi connectivity index (χ3v) is 7.17. The Balaban J connectivity index is 1.51. The van der Waals surface area contributed by atoms with Gasteiger partial charge in [0.25, 0.3) is 0 Å². The van der Waals surface area contributed by atoms with Crippen molar-refractivity contribution in [2.45, 2.75) is 26.1 Å². The SMILES string of the molecule is CNCCc1ccc(O)c(CN2CCN(Cc3ccccc3O)CCN(Cc3ccccc3O)CC2)c1. The molecule has 7 nitrogen and oxygen atoms in total. The summed E-state index contributed by atoms with van der Waals surface area (Å²) in [5, 5.41) is 34.5. The Labute approximate surface area is 220 Å². The van der Waals surface area contributed by atoms with Crippen molar-refractivity contribution in [1.29, 1.82) is 0 Å². The topological polar surface area (TPSA) is 82.4 Å². The van der Waals surface area contributed by atoms with Gasteiger partial charge in [-0.05, 0) is 43.8 Å². The minimum Gasteiger partial charge on any atom is -0.508 e. The number of nitrogens with zero attached hydrogens (tertiary/aromatic N) is 3. The van der Waals surface area contributed by atoms with Gasteiger partial charge < -0.3 is 20.6 Å². The molecule has 4 rings (SSSR count). The second-order valence-electron chi connectivity index (χ2n) is 9.90. The highest BCUT2D eigenvalue weighted by Crippen LogP contribution is 2.23. The molecule has 0 bridgehead atoms. The van der Waals surface area contributed by atoms with Gasteiger partial charge in [-0.25, -0.2) is 0 Å². The molecule has 0 atom stereocenters. The molecule has 1 fully saturated rings. The minimum atomic E-state index is 0.327. The Kier molecular flexibility index (Phi) is 9.79. The van der Waals surface area contributed by atoms with Gasteiger partial charge in [-0.3, -0.25) is 14.7 Å². The van der Waals surface area contributed by atoms with Crippen molar-refractivity contribution in [3.05, 3.63) is 89.0 Å². The van der Waals surface area contributed by atoms with Crippen molar-refractivity contribution >= 4 is 0 Å². The van der Waals surface area contributed by atoms with Gasteiger partial charge in [-0.1, -0.05) is 48.5 Å². The summed E-state index contributed by atoms with van der Waals surface area (Å²) in [6, 6.07) is 21.0. The molecule has 4 N–H and O–H groups in total. The van der Waals surface area contributed by atoms with Gasteiger partial charge in [-0.15, -0.1) is 0 Å². The monoisotopic (exact) mass is 504 g/mol. The van der Waals surface area contributed by atoms with Crippen LogP contribution in [0.25, 0.3) is 0 Å². The van der Waals surface area contributed by atoms with Crippen LogP contribution in [-0.2, 0) is 26.1 Å². The van der Waals surface area contributed by atoms with Crippen LogP contribution in [-0.4, -0.2) is 82.9 Å². The first kappa shape index (κ1) is 26.9. The summed E-state index contributed by atoms with van der Waals surface area (Å²) in [6.07, 6.45) is 0.923. The smallest absolute Gasteiger partial charge is 0.120 e. The molecule has 0 aliphatic carbocycles. The summed E-state index contributed by atoms with van der Waals surface area (Å²) in [5.74, 6) is 0.993. The molecule has 0 aromatic heterocycles. The summed E-state index contributed by atoms with van der Waals surface area (Å²) in [6.45, 7) is 8.09. The van der Waals surface area contributed by atoms with Crippen molar-refractivity contribution < 1.29 is 15.3 Å². The quantitative estimate of drug-likeness (QED) is 0.356. The van der Waals surface area contributed by atoms with Gasteiger partial charge in [0.15, 0.2) is 0 Å². The van der Waals surface area contributed by atoms with E-state index in [4.69, 9.17) is 0 Å². The molecule has 1 saturated heterocycles. The molecule has 0 saturated carbocycles. The zero-order valence-electron chi connectivity index (χ0n) is 21.8. The number of phenolic OH excluding ortho intramolecular Hbond substituents is 3. The van der Waals surface area contributed by atoms with E-state index in [1.807, 2.05) is 55.6 Å². The standard InChI is InChI=1S/C30H40N4O3/c1-31-13-12-24-10-11-30(37)27(20-24)23-34-18-16-32(21-25-6-2-4-8-28(25)35)14-15-33(17-19-34)22-26-7-3-5-9-29(26)36/h2-11,20,31,35-37H,12-19,21-23H2,1H3. The number of likely N-dealkylation sites (N-methyl/N-ethyl adjacent to an activating group) is 1. The maximum atomic E-state index is 10.6. The molecule has 1 aliphatic heterocycles. The van der Waals surface area contributed by atoms with Gasteiger partial charge in [0.1, 0.15) is 17.2 Å². The number of aromatic hydroxyl groups is 3. The van der Waals surface area contributed by atoms with E-state index in [9.17, 15) is 15.3 Å². The van der Waals surface area contributed by atoms with E-state index in [-0.39, 0.29) is 0 Å². The number of hydrogen-bond donors (Lipinski definition) is 4. The molecule has 3 aromatic carbocycles. The second-order valence-corrected chi connectivity index (χ2v) is 9.90. The van der Waals surface area contributed by atoms with Gasteiger partial charge in [-0.2, -0.15) is 0 Å². The van der Waals surface area contributed by atoms with Crippen LogP contribution in [0.3, 0.4) is 0 Å². The summed E-state index contributed by atoms with van der Waals surface area (Å²) >= 11 is 0. The fourth-order valence-corrected chi connectivity index (χ4v) is 4.86. The summed E-state index contributed by atoms with van der Waals surface area (Å²) in [4.78, 5) is 7.17. The summed E-state index contributed by atoms with van der Waals surface area (Å²) in [5.41, 5.74) is 4.02. The number of benzene rings is 3. The number of hydrogen-bond acceptors (Lipinski definition) is 7. The maximum Gasteiger partial charge on any atom is 0.120 e.